The molecule has 1 aromatic heterocycles. The summed E-state index contributed by atoms with van der Waals surface area (Å²) >= 11 is 0. The molecule has 0 saturated heterocycles. The number of aromatic nitrogens is 1. The lowest BCUT2D eigenvalue weighted by Gasteiger charge is -1.91. The third kappa shape index (κ3) is 2.29. The molecule has 0 unspecified atom stereocenters. The number of methoxy groups -OCH3 is 1. The van der Waals surface area contributed by atoms with E-state index in [0.717, 1.165) is 0 Å². The summed E-state index contributed by atoms with van der Waals surface area (Å²) in [5.41, 5.74) is 0.401. The van der Waals surface area contributed by atoms with Crippen LogP contribution in [-0.4, -0.2) is 29.8 Å². The zero-order chi connectivity index (χ0) is 9.84. The number of nitrogens with zero attached hydrogens (tertiary/aromatic N) is 1. The van der Waals surface area contributed by atoms with Gasteiger partial charge in [-0.3, -0.25) is 0 Å². The van der Waals surface area contributed by atoms with Crippen molar-refractivity contribution in [2.45, 2.75) is 13.3 Å². The molecule has 0 fully saturated rings. The fraction of sp³-hybridized carbons (Fsp3) is 0.500. The molecule has 0 spiro atoms. The lowest BCUT2D eigenvalue weighted by Crippen LogP contribution is -1.95. The fourth-order valence-electron chi connectivity index (χ4n) is 0.947. The first kappa shape index (κ1) is 9.73. The van der Waals surface area contributed by atoms with Gasteiger partial charge in [0.1, 0.15) is 0 Å². The minimum Gasteiger partial charge on any atom is -0.475 e. The maximum absolute atomic E-state index is 10.5. The van der Waals surface area contributed by atoms with Gasteiger partial charge in [-0.15, -0.1) is 0 Å². The van der Waals surface area contributed by atoms with Crippen LogP contribution in [0, 0.1) is 6.92 Å². The summed E-state index contributed by atoms with van der Waals surface area (Å²) < 4.78 is 9.80. The smallest absolute Gasteiger partial charge is 0.373 e. The topological polar surface area (TPSA) is 72.6 Å². The van der Waals surface area contributed by atoms with Crippen LogP contribution in [0.15, 0.2) is 4.42 Å². The average molecular weight is 185 g/mol. The summed E-state index contributed by atoms with van der Waals surface area (Å²) in [6.45, 7) is 2.07. The van der Waals surface area contributed by atoms with Crippen molar-refractivity contribution in [2.24, 2.45) is 0 Å². The van der Waals surface area contributed by atoms with Gasteiger partial charge in [0.15, 0.2) is 5.89 Å². The molecule has 0 bridgehead atoms. The molecule has 0 aliphatic carbocycles. The van der Waals surface area contributed by atoms with E-state index in [-0.39, 0.29) is 5.76 Å². The first-order valence-electron chi connectivity index (χ1n) is 3.83. The minimum absolute atomic E-state index is 0.0916. The van der Waals surface area contributed by atoms with Gasteiger partial charge in [-0.1, -0.05) is 0 Å². The van der Waals surface area contributed by atoms with Gasteiger partial charge in [-0.2, -0.15) is 0 Å². The predicted molar refractivity (Wildman–Crippen MR) is 43.8 cm³/mol. The number of aromatic carboxylic acids is 1. The fourth-order valence-corrected chi connectivity index (χ4v) is 0.947. The van der Waals surface area contributed by atoms with Crippen LogP contribution in [0.1, 0.15) is 22.1 Å². The molecule has 0 saturated carbocycles. The monoisotopic (exact) mass is 185 g/mol. The molecule has 1 heterocycles. The zero-order valence-electron chi connectivity index (χ0n) is 7.53. The standard InChI is InChI=1S/C8H11NO4/c1-5-7(8(10)11)13-6(9-5)3-4-12-2/h3-4H2,1-2H3,(H,10,11). The highest BCUT2D eigenvalue weighted by Crippen LogP contribution is 2.10. The molecule has 0 aliphatic rings. The van der Waals surface area contributed by atoms with E-state index in [1.807, 2.05) is 0 Å². The van der Waals surface area contributed by atoms with Crippen molar-refractivity contribution >= 4 is 5.97 Å². The van der Waals surface area contributed by atoms with E-state index in [1.54, 1.807) is 14.0 Å². The van der Waals surface area contributed by atoms with Gasteiger partial charge in [0.2, 0.25) is 5.76 Å². The van der Waals surface area contributed by atoms with Gasteiger partial charge in [-0.05, 0) is 6.92 Å². The second-order valence-corrected chi connectivity index (χ2v) is 2.57. The summed E-state index contributed by atoms with van der Waals surface area (Å²) in [7, 11) is 1.56. The molecule has 5 nitrogen and oxygen atoms in total. The van der Waals surface area contributed by atoms with Crippen molar-refractivity contribution in [1.82, 2.24) is 4.98 Å². The third-order valence-electron chi connectivity index (χ3n) is 1.56. The van der Waals surface area contributed by atoms with E-state index in [9.17, 15) is 4.79 Å². The Morgan fingerprint density at radius 2 is 2.38 bits per heavy atom. The highest BCUT2D eigenvalue weighted by Gasteiger charge is 2.15. The Labute approximate surface area is 75.3 Å². The lowest BCUT2D eigenvalue weighted by atomic mass is 10.4. The molecule has 13 heavy (non-hydrogen) atoms. The summed E-state index contributed by atoms with van der Waals surface area (Å²) in [6, 6.07) is 0. The number of hydrogen-bond donors (Lipinski definition) is 1. The molecule has 72 valence electrons. The van der Waals surface area contributed by atoms with Crippen LogP contribution < -0.4 is 0 Å². The number of carboxylic acid groups (broad SMARTS) is 1. The van der Waals surface area contributed by atoms with E-state index < -0.39 is 5.97 Å². The van der Waals surface area contributed by atoms with Crippen molar-refractivity contribution in [3.63, 3.8) is 0 Å². The first-order valence-corrected chi connectivity index (χ1v) is 3.83. The molecular weight excluding hydrogens is 174 g/mol. The van der Waals surface area contributed by atoms with Gasteiger partial charge in [-0.25, -0.2) is 9.78 Å². The number of aryl methyl sites for hydroxylation is 1. The van der Waals surface area contributed by atoms with E-state index >= 15 is 0 Å². The number of oxazole rings is 1. The van der Waals surface area contributed by atoms with Crippen LogP contribution in [0.25, 0.3) is 0 Å². The maximum atomic E-state index is 10.5. The summed E-state index contributed by atoms with van der Waals surface area (Å²) in [5, 5.41) is 8.64. The van der Waals surface area contributed by atoms with Crippen molar-refractivity contribution in [3.05, 3.63) is 17.3 Å². The van der Waals surface area contributed by atoms with Gasteiger partial charge < -0.3 is 14.3 Å². The molecule has 0 aromatic carbocycles. The quantitative estimate of drug-likeness (QED) is 0.753. The maximum Gasteiger partial charge on any atom is 0.373 e. The predicted octanol–water partition coefficient (Wildman–Crippen LogP) is 0.870. The molecule has 5 heteroatoms. The average Bonchev–Trinajstić information content (AvgIpc) is 2.43. The Morgan fingerprint density at radius 1 is 1.69 bits per heavy atom. The lowest BCUT2D eigenvalue weighted by molar-refractivity contribution is 0.0658. The van der Waals surface area contributed by atoms with Gasteiger partial charge in [0, 0.05) is 13.5 Å². The first-order chi connectivity index (χ1) is 6.15. The molecule has 1 rings (SSSR count). The molecule has 1 aromatic rings. The van der Waals surface area contributed by atoms with E-state index in [2.05, 4.69) is 4.98 Å². The Balaban J connectivity index is 2.76. The molecule has 0 aliphatic heterocycles. The number of ether oxygens (including phenoxy) is 1. The summed E-state index contributed by atoms with van der Waals surface area (Å²) in [6.07, 6.45) is 0.491. The van der Waals surface area contributed by atoms with Crippen molar-refractivity contribution in [3.8, 4) is 0 Å². The number of carbonyl (C=O) groups is 1. The van der Waals surface area contributed by atoms with Crippen molar-refractivity contribution in [2.75, 3.05) is 13.7 Å². The Morgan fingerprint density at radius 3 is 2.85 bits per heavy atom. The number of hydrogen-bond acceptors (Lipinski definition) is 4. The molecular formula is C8H11NO4. The number of rotatable bonds is 4. The SMILES string of the molecule is COCCc1nc(C)c(C(=O)O)o1. The highest BCUT2D eigenvalue weighted by atomic mass is 16.5. The summed E-state index contributed by atoms with van der Waals surface area (Å²) in [5.74, 6) is -0.781. The van der Waals surface area contributed by atoms with E-state index in [1.165, 1.54) is 0 Å². The Kier molecular flexibility index (Phi) is 3.02. The normalized spacial score (nSPS) is 10.3. The van der Waals surface area contributed by atoms with E-state index in [4.69, 9.17) is 14.3 Å². The van der Waals surface area contributed by atoms with Crippen LogP contribution in [-0.2, 0) is 11.2 Å². The molecule has 0 amide bonds. The van der Waals surface area contributed by atoms with Crippen molar-refractivity contribution in [1.29, 1.82) is 0 Å². The Bertz CT molecular complexity index is 305. The zero-order valence-corrected chi connectivity index (χ0v) is 7.53. The molecule has 1 N–H and O–H groups in total. The van der Waals surface area contributed by atoms with Crippen molar-refractivity contribution < 1.29 is 19.1 Å². The van der Waals surface area contributed by atoms with Crippen LogP contribution >= 0.6 is 0 Å². The largest absolute Gasteiger partial charge is 0.475 e. The molecule has 0 atom stereocenters. The highest BCUT2D eigenvalue weighted by molar-refractivity contribution is 5.85. The van der Waals surface area contributed by atoms with Crippen LogP contribution in [0.3, 0.4) is 0 Å². The summed E-state index contributed by atoms with van der Waals surface area (Å²) in [4.78, 5) is 14.5. The van der Waals surface area contributed by atoms with Gasteiger partial charge in [0.05, 0.1) is 12.3 Å². The molecule has 0 radical (unpaired) electrons. The van der Waals surface area contributed by atoms with Gasteiger partial charge in [0.25, 0.3) is 0 Å². The second-order valence-electron chi connectivity index (χ2n) is 2.57. The minimum atomic E-state index is -1.09. The van der Waals surface area contributed by atoms with Crippen LogP contribution in [0.2, 0.25) is 0 Å². The van der Waals surface area contributed by atoms with Crippen LogP contribution in [0.5, 0.6) is 0 Å². The van der Waals surface area contributed by atoms with Crippen LogP contribution in [0.4, 0.5) is 0 Å². The second kappa shape index (κ2) is 4.04. The number of carboxylic acids is 1. The third-order valence-corrected chi connectivity index (χ3v) is 1.56. The van der Waals surface area contributed by atoms with E-state index in [0.29, 0.717) is 24.6 Å². The Hall–Kier alpha value is -1.36. The van der Waals surface area contributed by atoms with Gasteiger partial charge >= 0.3 is 5.97 Å².